The molecule has 0 atom stereocenters. The van der Waals surface area contributed by atoms with Crippen LogP contribution < -0.4 is 20.9 Å². The maximum absolute atomic E-state index is 12.1. The Morgan fingerprint density at radius 2 is 1.96 bits per heavy atom. The Kier molecular flexibility index (Phi) is 5.33. The average molecular weight is 382 g/mol. The summed E-state index contributed by atoms with van der Waals surface area (Å²) in [5.41, 5.74) is 0.934. The Bertz CT molecular complexity index is 861. The number of alkyl halides is 3. The lowest BCUT2D eigenvalue weighted by atomic mass is 10.3. The summed E-state index contributed by atoms with van der Waals surface area (Å²) in [6.45, 7) is 0.439. The van der Waals surface area contributed by atoms with Crippen molar-refractivity contribution in [2.75, 3.05) is 11.9 Å². The normalized spacial score (nSPS) is 13.9. The minimum atomic E-state index is -4.77. The Balaban J connectivity index is 1.45. The molecule has 3 rings (SSSR count). The molecule has 144 valence electrons. The van der Waals surface area contributed by atoms with Crippen molar-refractivity contribution in [1.29, 1.82) is 0 Å². The second-order valence-corrected chi connectivity index (χ2v) is 6.07. The first-order valence-electron chi connectivity index (χ1n) is 8.27. The number of ether oxygens (including phenoxy) is 1. The second kappa shape index (κ2) is 7.68. The molecule has 1 fully saturated rings. The number of carbonyl (C=O) groups is 1. The highest BCUT2D eigenvalue weighted by Gasteiger charge is 2.31. The number of rotatable bonds is 6. The van der Waals surface area contributed by atoms with Gasteiger partial charge in [0.15, 0.2) is 0 Å². The van der Waals surface area contributed by atoms with Gasteiger partial charge >= 0.3 is 12.4 Å². The number of hydrogen-bond donors (Lipinski definition) is 2. The van der Waals surface area contributed by atoms with E-state index in [0.29, 0.717) is 11.6 Å². The second-order valence-electron chi connectivity index (χ2n) is 6.07. The van der Waals surface area contributed by atoms with Crippen LogP contribution in [-0.4, -0.2) is 28.5 Å². The molecule has 10 heteroatoms. The Morgan fingerprint density at radius 3 is 2.56 bits per heavy atom. The molecule has 0 aliphatic heterocycles. The van der Waals surface area contributed by atoms with Crippen LogP contribution in [0.4, 0.5) is 23.7 Å². The van der Waals surface area contributed by atoms with Crippen molar-refractivity contribution < 1.29 is 22.7 Å². The highest BCUT2D eigenvalue weighted by molar-refractivity contribution is 5.89. The van der Waals surface area contributed by atoms with Crippen LogP contribution in [0.2, 0.25) is 0 Å². The Hall–Kier alpha value is -3.04. The summed E-state index contributed by atoms with van der Waals surface area (Å²) in [6, 6.07) is 5.72. The number of anilines is 1. The summed E-state index contributed by atoms with van der Waals surface area (Å²) in [5.74, 6) is 0.0131. The van der Waals surface area contributed by atoms with Crippen LogP contribution in [-0.2, 0) is 6.54 Å². The number of halogens is 3. The molecule has 7 nitrogen and oxygen atoms in total. The van der Waals surface area contributed by atoms with Crippen molar-refractivity contribution in [3.05, 3.63) is 52.7 Å². The zero-order valence-electron chi connectivity index (χ0n) is 14.1. The average Bonchev–Trinajstić information content (AvgIpc) is 3.42. The maximum Gasteiger partial charge on any atom is 0.573 e. The Morgan fingerprint density at radius 1 is 1.26 bits per heavy atom. The number of benzene rings is 1. The Labute approximate surface area is 152 Å². The third-order valence-electron chi connectivity index (χ3n) is 3.88. The third kappa shape index (κ3) is 5.73. The minimum absolute atomic E-state index is 0.172. The number of urea groups is 1. The molecule has 0 radical (unpaired) electrons. The molecule has 0 spiro atoms. The van der Waals surface area contributed by atoms with Gasteiger partial charge in [0.1, 0.15) is 5.75 Å². The van der Waals surface area contributed by atoms with E-state index in [-0.39, 0.29) is 24.4 Å². The van der Waals surface area contributed by atoms with Crippen LogP contribution in [0.15, 0.2) is 41.5 Å². The van der Waals surface area contributed by atoms with Crippen LogP contribution >= 0.6 is 0 Å². The first kappa shape index (κ1) is 18.7. The molecule has 1 aromatic heterocycles. The van der Waals surface area contributed by atoms with Crippen LogP contribution in [0.5, 0.6) is 5.75 Å². The van der Waals surface area contributed by atoms with E-state index in [1.54, 1.807) is 0 Å². The van der Waals surface area contributed by atoms with Crippen LogP contribution in [0, 0.1) is 0 Å². The largest absolute Gasteiger partial charge is 0.573 e. The van der Waals surface area contributed by atoms with E-state index in [9.17, 15) is 22.8 Å². The lowest BCUT2D eigenvalue weighted by molar-refractivity contribution is -0.274. The molecule has 27 heavy (non-hydrogen) atoms. The summed E-state index contributed by atoms with van der Waals surface area (Å²) >= 11 is 0. The zero-order valence-corrected chi connectivity index (χ0v) is 14.1. The fourth-order valence-corrected chi connectivity index (χ4v) is 2.42. The van der Waals surface area contributed by atoms with Gasteiger partial charge in [0.2, 0.25) is 0 Å². The summed E-state index contributed by atoms with van der Waals surface area (Å²) in [6.07, 6.45) is -1.19. The lowest BCUT2D eigenvalue weighted by Gasteiger charge is -2.11. The van der Waals surface area contributed by atoms with Crippen molar-refractivity contribution in [2.45, 2.75) is 31.7 Å². The predicted molar refractivity (Wildman–Crippen MR) is 90.6 cm³/mol. The first-order chi connectivity index (χ1) is 12.8. The minimum Gasteiger partial charge on any atom is -0.406 e. The molecule has 0 saturated heterocycles. The van der Waals surface area contributed by atoms with E-state index in [0.717, 1.165) is 30.7 Å². The van der Waals surface area contributed by atoms with Gasteiger partial charge < -0.3 is 15.4 Å². The van der Waals surface area contributed by atoms with Crippen molar-refractivity contribution in [3.63, 3.8) is 0 Å². The number of amides is 2. The molecule has 1 aromatic carbocycles. The molecule has 2 N–H and O–H groups in total. The van der Waals surface area contributed by atoms with Gasteiger partial charge in [0.05, 0.1) is 12.0 Å². The number of hydrogen-bond acceptors (Lipinski definition) is 4. The molecular formula is C17H17F3N4O3. The van der Waals surface area contributed by atoms with Gasteiger partial charge in [0, 0.05) is 30.8 Å². The van der Waals surface area contributed by atoms with E-state index in [2.05, 4.69) is 20.4 Å². The zero-order chi connectivity index (χ0) is 19.4. The highest BCUT2D eigenvalue weighted by Crippen LogP contribution is 2.38. The van der Waals surface area contributed by atoms with E-state index in [1.807, 2.05) is 0 Å². The van der Waals surface area contributed by atoms with Gasteiger partial charge in [-0.3, -0.25) is 9.36 Å². The van der Waals surface area contributed by atoms with E-state index in [1.165, 1.54) is 29.1 Å². The molecule has 1 saturated carbocycles. The predicted octanol–water partition coefficient (Wildman–Crippen LogP) is 2.84. The lowest BCUT2D eigenvalue weighted by Crippen LogP contribution is -2.33. The molecular weight excluding hydrogens is 365 g/mol. The van der Waals surface area contributed by atoms with Gasteiger partial charge in [-0.05, 0) is 37.1 Å². The van der Waals surface area contributed by atoms with Crippen LogP contribution in [0.1, 0.15) is 24.5 Å². The molecule has 0 bridgehead atoms. The van der Waals surface area contributed by atoms with E-state index in [4.69, 9.17) is 0 Å². The fourth-order valence-electron chi connectivity index (χ4n) is 2.42. The molecule has 0 unspecified atom stereocenters. The van der Waals surface area contributed by atoms with Gasteiger partial charge in [-0.25, -0.2) is 9.78 Å². The molecule has 1 heterocycles. The quantitative estimate of drug-likeness (QED) is 0.805. The first-order valence-corrected chi connectivity index (χ1v) is 8.27. The van der Waals surface area contributed by atoms with Crippen molar-refractivity contribution >= 4 is 11.7 Å². The molecule has 2 aromatic rings. The fraction of sp³-hybridized carbons (Fsp3) is 0.353. The van der Waals surface area contributed by atoms with Gasteiger partial charge in [-0.15, -0.1) is 13.2 Å². The maximum atomic E-state index is 12.1. The number of carbonyl (C=O) groups excluding carboxylic acids is 1. The topological polar surface area (TPSA) is 85.2 Å². The van der Waals surface area contributed by atoms with Crippen LogP contribution in [0.3, 0.4) is 0 Å². The van der Waals surface area contributed by atoms with E-state index < -0.39 is 12.4 Å². The molecule has 1 aliphatic rings. The summed E-state index contributed by atoms with van der Waals surface area (Å²) < 4.78 is 41.4. The third-order valence-corrected chi connectivity index (χ3v) is 3.88. The summed E-state index contributed by atoms with van der Waals surface area (Å²) in [5, 5.41) is 5.04. The van der Waals surface area contributed by atoms with E-state index >= 15 is 0 Å². The SMILES string of the molecule is O=C(NCCn1cnc(C2CC2)cc1=O)Nc1ccc(OC(F)(F)F)cc1. The summed E-state index contributed by atoms with van der Waals surface area (Å²) in [7, 11) is 0. The molecule has 2 amide bonds. The smallest absolute Gasteiger partial charge is 0.406 e. The van der Waals surface area contributed by atoms with Crippen molar-refractivity contribution in [3.8, 4) is 5.75 Å². The number of aromatic nitrogens is 2. The van der Waals surface area contributed by atoms with Gasteiger partial charge in [-0.1, -0.05) is 0 Å². The number of nitrogens with zero attached hydrogens (tertiary/aromatic N) is 2. The summed E-state index contributed by atoms with van der Waals surface area (Å²) in [4.78, 5) is 28.0. The van der Waals surface area contributed by atoms with Crippen molar-refractivity contribution in [2.24, 2.45) is 0 Å². The highest BCUT2D eigenvalue weighted by atomic mass is 19.4. The monoisotopic (exact) mass is 382 g/mol. The molecule has 1 aliphatic carbocycles. The standard InChI is InChI=1S/C17H17F3N4O3/c18-17(19,20)27-13-5-3-12(4-6-13)23-16(26)21-7-8-24-10-22-14(9-15(24)25)11-1-2-11/h3-6,9-11H,1-2,7-8H2,(H2,21,23,26). The number of nitrogens with one attached hydrogen (secondary N) is 2. The van der Waals surface area contributed by atoms with Gasteiger partial charge in [-0.2, -0.15) is 0 Å². The van der Waals surface area contributed by atoms with Gasteiger partial charge in [0.25, 0.3) is 5.56 Å². The van der Waals surface area contributed by atoms with Crippen LogP contribution in [0.25, 0.3) is 0 Å². The van der Waals surface area contributed by atoms with Crippen molar-refractivity contribution in [1.82, 2.24) is 14.9 Å².